The quantitative estimate of drug-likeness (QED) is 0.571. The highest BCUT2D eigenvalue weighted by molar-refractivity contribution is 5.79. The van der Waals surface area contributed by atoms with Crippen LogP contribution in [0.4, 0.5) is 22.1 Å². The molecule has 0 N–H and O–H groups in total. The van der Waals surface area contributed by atoms with E-state index in [4.69, 9.17) is 0 Å². The largest absolute Gasteiger partial charge is 0.433 e. The van der Waals surface area contributed by atoms with E-state index < -0.39 is 17.8 Å². The van der Waals surface area contributed by atoms with Gasteiger partial charge in [0.1, 0.15) is 0 Å². The molecule has 0 spiro atoms. The third-order valence-corrected chi connectivity index (χ3v) is 0.986. The van der Waals surface area contributed by atoms with Crippen LogP contribution in [0.15, 0.2) is 0 Å². The predicted molar refractivity (Wildman–Crippen MR) is 22.8 cm³/mol. The van der Waals surface area contributed by atoms with Crippen molar-refractivity contribution in [2.75, 3.05) is 0 Å². The molecule has 0 heterocycles. The lowest BCUT2D eigenvalue weighted by Gasteiger charge is -2.18. The molecule has 0 rings (SSSR count). The zero-order valence-corrected chi connectivity index (χ0v) is 5.21. The van der Waals surface area contributed by atoms with E-state index in [0.29, 0.717) is 0 Å². The van der Waals surface area contributed by atoms with Crippen LogP contribution in [0.3, 0.4) is 0 Å². The van der Waals surface area contributed by atoms with Gasteiger partial charge in [-0.2, -0.15) is 13.2 Å². The molecule has 0 saturated heterocycles. The van der Waals surface area contributed by atoms with Gasteiger partial charge in [0.15, 0.2) is 0 Å². The molecule has 1 atom stereocenters. The molecule has 0 aliphatic carbocycles. The molecule has 0 radical (unpaired) electrons. The van der Waals surface area contributed by atoms with Crippen LogP contribution in [0.5, 0.6) is 0 Å². The minimum Gasteiger partial charge on any atom is -0.251 e. The van der Waals surface area contributed by atoms with Crippen molar-refractivity contribution < 1.29 is 31.8 Å². The van der Waals surface area contributed by atoms with Gasteiger partial charge in [-0.25, -0.2) is 9.18 Å². The second-order valence-electron chi connectivity index (χ2n) is 1.87. The average Bonchev–Trinajstić information content (AvgIpc) is 1.83. The maximum absolute atomic E-state index is 12.2. The maximum atomic E-state index is 12.2. The minimum atomic E-state index is -5.46. The molecule has 2 nitrogen and oxygen atoms in total. The summed E-state index contributed by atoms with van der Waals surface area (Å²) in [7, 11) is 0. The summed E-state index contributed by atoms with van der Waals surface area (Å²) < 4.78 is 57.3. The number of carbonyl (C=O) groups is 1. The Labute approximate surface area is 57.8 Å². The number of hydrogen-bond donors (Lipinski definition) is 0. The monoisotopic (exact) mass is 178 g/mol. The van der Waals surface area contributed by atoms with Gasteiger partial charge in [-0.15, -0.1) is 0 Å². The van der Waals surface area contributed by atoms with Crippen LogP contribution in [0, 0.1) is 0 Å². The van der Waals surface area contributed by atoms with E-state index in [9.17, 15) is 26.9 Å². The van der Waals surface area contributed by atoms with Gasteiger partial charge in [-0.1, -0.05) is 0 Å². The summed E-state index contributed by atoms with van der Waals surface area (Å²) in [4.78, 5) is 11.9. The predicted octanol–water partition coefficient (Wildman–Crippen LogP) is 1.70. The van der Waals surface area contributed by atoms with Gasteiger partial charge in [0.2, 0.25) is 0 Å². The fourth-order valence-electron chi connectivity index (χ4n) is 0.188. The molecule has 0 aliphatic heterocycles. The van der Waals surface area contributed by atoms with Crippen molar-refractivity contribution in [3.63, 3.8) is 0 Å². The molecule has 1 unspecified atom stereocenters. The fraction of sp³-hybridized carbons (Fsp3) is 0.750. The third kappa shape index (κ3) is 1.78. The Morgan fingerprint density at radius 3 is 1.73 bits per heavy atom. The van der Waals surface area contributed by atoms with Crippen molar-refractivity contribution in [1.82, 2.24) is 0 Å². The molecule has 11 heavy (non-hydrogen) atoms. The first-order chi connectivity index (χ1) is 4.73. The first-order valence-electron chi connectivity index (χ1n) is 2.32. The van der Waals surface area contributed by atoms with Gasteiger partial charge < -0.3 is 0 Å². The molecule has 0 amide bonds. The molecule has 0 fully saturated rings. The number of rotatable bonds is 1. The highest BCUT2D eigenvalue weighted by Crippen LogP contribution is 2.34. The van der Waals surface area contributed by atoms with Crippen molar-refractivity contribution in [2.45, 2.75) is 18.8 Å². The second kappa shape index (κ2) is 2.63. The fourth-order valence-corrected chi connectivity index (χ4v) is 0.188. The van der Waals surface area contributed by atoms with E-state index in [1.807, 2.05) is 0 Å². The molecule has 0 bridgehead atoms. The van der Waals surface area contributed by atoms with E-state index in [2.05, 4.69) is 4.94 Å². The Bertz CT molecular complexity index is 160. The molecule has 0 saturated carbocycles. The summed E-state index contributed by atoms with van der Waals surface area (Å²) >= 11 is 0. The van der Waals surface area contributed by atoms with Crippen molar-refractivity contribution in [1.29, 1.82) is 0 Å². The molecule has 66 valence electrons. The van der Waals surface area contributed by atoms with Gasteiger partial charge in [-0.3, -0.25) is 4.94 Å². The lowest BCUT2D eigenvalue weighted by atomic mass is 10.1. The van der Waals surface area contributed by atoms with Crippen molar-refractivity contribution in [3.8, 4) is 0 Å². The lowest BCUT2D eigenvalue weighted by molar-refractivity contribution is -0.253. The van der Waals surface area contributed by atoms with Crippen LogP contribution < -0.4 is 0 Å². The normalized spacial score (nSPS) is 17.3. The highest BCUT2D eigenvalue weighted by atomic mass is 19.4. The summed E-state index contributed by atoms with van der Waals surface area (Å²) in [5.74, 6) is -2.61. The summed E-state index contributed by atoms with van der Waals surface area (Å²) in [6.45, 7) is -0.130. The van der Waals surface area contributed by atoms with E-state index in [1.165, 1.54) is 0 Å². The molecular formula is C4H3F5O2. The van der Waals surface area contributed by atoms with Gasteiger partial charge in [0.05, 0.1) is 0 Å². The third-order valence-electron chi connectivity index (χ3n) is 0.986. The summed E-state index contributed by atoms with van der Waals surface area (Å²) in [6, 6.07) is 0. The highest BCUT2D eigenvalue weighted by Gasteiger charge is 2.60. The van der Waals surface area contributed by atoms with Crippen LogP contribution in [0.1, 0.15) is 6.92 Å². The first-order valence-corrected chi connectivity index (χ1v) is 2.32. The Morgan fingerprint density at radius 1 is 1.27 bits per heavy atom. The topological polar surface area (TPSA) is 26.3 Å². The Morgan fingerprint density at radius 2 is 1.64 bits per heavy atom. The number of halogens is 5. The zero-order valence-electron chi connectivity index (χ0n) is 5.21. The van der Waals surface area contributed by atoms with Gasteiger partial charge in [0.25, 0.3) is 0 Å². The number of alkyl halides is 4. The zero-order chi connectivity index (χ0) is 9.28. The van der Waals surface area contributed by atoms with Gasteiger partial charge in [0, 0.05) is 4.53 Å². The Balaban J connectivity index is 4.59. The smallest absolute Gasteiger partial charge is 0.251 e. The first kappa shape index (κ1) is 10.1. The molecule has 0 aliphatic rings. The van der Waals surface area contributed by atoms with Crippen molar-refractivity contribution in [3.05, 3.63) is 0 Å². The van der Waals surface area contributed by atoms with Crippen LogP contribution in [0.25, 0.3) is 0 Å². The summed E-state index contributed by atoms with van der Waals surface area (Å²) in [6.07, 6.45) is -5.46. The molecular weight excluding hydrogens is 175 g/mol. The van der Waals surface area contributed by atoms with Crippen molar-refractivity contribution in [2.24, 2.45) is 0 Å². The Kier molecular flexibility index (Phi) is 2.42. The van der Waals surface area contributed by atoms with Crippen LogP contribution in [-0.2, 0) is 9.74 Å². The molecule has 0 aromatic carbocycles. The molecule has 7 heteroatoms. The number of carbonyl (C=O) groups excluding carboxylic acids is 1. The standard InChI is InChI=1S/C4H3F5O2/c1-3(5,2(10)11-9)4(6,7)8/h1H3. The van der Waals surface area contributed by atoms with E-state index in [0.717, 1.165) is 0 Å². The SMILES string of the molecule is CC(F)(C(=O)OF)C(F)(F)F. The number of hydrogen-bond acceptors (Lipinski definition) is 2. The van der Waals surface area contributed by atoms with Crippen molar-refractivity contribution >= 4 is 5.97 Å². The molecule has 0 aromatic heterocycles. The van der Waals surface area contributed by atoms with Gasteiger partial charge in [-0.05, 0) is 6.92 Å². The van der Waals surface area contributed by atoms with Crippen LogP contribution >= 0.6 is 0 Å². The lowest BCUT2D eigenvalue weighted by Crippen LogP contribution is -2.45. The van der Waals surface area contributed by atoms with E-state index in [1.54, 1.807) is 0 Å². The van der Waals surface area contributed by atoms with E-state index >= 15 is 0 Å². The second-order valence-corrected chi connectivity index (χ2v) is 1.87. The maximum Gasteiger partial charge on any atom is 0.433 e. The minimum absolute atomic E-state index is 0.130. The Hall–Kier alpha value is -0.880. The average molecular weight is 178 g/mol. The van der Waals surface area contributed by atoms with Gasteiger partial charge >= 0.3 is 17.8 Å². The van der Waals surface area contributed by atoms with Crippen LogP contribution in [-0.4, -0.2) is 17.8 Å². The summed E-state index contributed by atoms with van der Waals surface area (Å²) in [5.41, 5.74) is -4.29. The van der Waals surface area contributed by atoms with Crippen LogP contribution in [0.2, 0.25) is 0 Å². The molecule has 0 aromatic rings. The summed E-state index contributed by atoms with van der Waals surface area (Å²) in [5, 5.41) is 0. The van der Waals surface area contributed by atoms with E-state index in [-0.39, 0.29) is 6.92 Å².